The van der Waals surface area contributed by atoms with Crippen LogP contribution in [0.3, 0.4) is 0 Å². The van der Waals surface area contributed by atoms with E-state index in [0.717, 1.165) is 19.1 Å². The molecule has 1 saturated heterocycles. The highest BCUT2D eigenvalue weighted by atomic mass is 16.2. The summed E-state index contributed by atoms with van der Waals surface area (Å²) in [6, 6.07) is 1.37. The zero-order chi connectivity index (χ0) is 15.5. The number of nitrogens with zero attached hydrogens (tertiary/aromatic N) is 2. The van der Waals surface area contributed by atoms with Crippen molar-refractivity contribution in [1.82, 2.24) is 15.1 Å². The van der Waals surface area contributed by atoms with E-state index in [4.69, 9.17) is 0 Å². The van der Waals surface area contributed by atoms with Crippen molar-refractivity contribution in [3.8, 4) is 0 Å². The van der Waals surface area contributed by atoms with Crippen LogP contribution >= 0.6 is 0 Å². The molecule has 2 aliphatic rings. The highest BCUT2D eigenvalue weighted by Crippen LogP contribution is 2.35. The van der Waals surface area contributed by atoms with Crippen molar-refractivity contribution in [3.05, 3.63) is 0 Å². The fourth-order valence-corrected chi connectivity index (χ4v) is 3.49. The van der Waals surface area contributed by atoms with E-state index in [0.29, 0.717) is 18.0 Å². The van der Waals surface area contributed by atoms with Crippen molar-refractivity contribution < 1.29 is 4.79 Å². The molecule has 0 aromatic carbocycles. The van der Waals surface area contributed by atoms with Gasteiger partial charge < -0.3 is 10.2 Å². The second-order valence-corrected chi connectivity index (χ2v) is 7.94. The number of carbonyl (C=O) groups excluding carboxylic acids is 1. The van der Waals surface area contributed by atoms with Crippen LogP contribution in [0, 0.1) is 5.41 Å². The van der Waals surface area contributed by atoms with E-state index in [1.54, 1.807) is 4.90 Å². The molecule has 0 radical (unpaired) electrons. The number of likely N-dealkylation sites (tertiary alicyclic amines) is 1. The molecule has 0 spiro atoms. The smallest absolute Gasteiger partial charge is 0.236 e. The van der Waals surface area contributed by atoms with Gasteiger partial charge in [-0.15, -0.1) is 0 Å². The van der Waals surface area contributed by atoms with Crippen molar-refractivity contribution in [2.24, 2.45) is 5.41 Å². The van der Waals surface area contributed by atoms with E-state index in [9.17, 15) is 4.79 Å². The highest BCUT2D eigenvalue weighted by Gasteiger charge is 2.29. The van der Waals surface area contributed by atoms with Crippen molar-refractivity contribution in [1.29, 1.82) is 0 Å². The molecule has 2 rings (SSSR count). The number of carbonyl (C=O) groups is 1. The van der Waals surface area contributed by atoms with Crippen LogP contribution < -0.4 is 5.32 Å². The zero-order valence-corrected chi connectivity index (χ0v) is 14.3. The monoisotopic (exact) mass is 295 g/mol. The molecular weight excluding hydrogens is 262 g/mol. The van der Waals surface area contributed by atoms with Crippen LogP contribution in [0.2, 0.25) is 0 Å². The third kappa shape index (κ3) is 5.26. The molecule has 1 heterocycles. The first-order chi connectivity index (χ1) is 9.85. The lowest BCUT2D eigenvalue weighted by Gasteiger charge is -2.39. The Bertz CT molecular complexity index is 336. The van der Waals surface area contributed by atoms with Crippen molar-refractivity contribution in [3.63, 3.8) is 0 Å². The Morgan fingerprint density at radius 2 is 1.62 bits per heavy atom. The molecule has 0 aromatic rings. The minimum absolute atomic E-state index is 0.218. The molecule has 4 heteroatoms. The summed E-state index contributed by atoms with van der Waals surface area (Å²) in [5.41, 5.74) is 0.550. The van der Waals surface area contributed by atoms with Gasteiger partial charge in [0.2, 0.25) is 5.91 Å². The third-order valence-corrected chi connectivity index (χ3v) is 5.26. The lowest BCUT2D eigenvalue weighted by molar-refractivity contribution is -0.130. The van der Waals surface area contributed by atoms with Crippen molar-refractivity contribution >= 4 is 5.91 Å². The summed E-state index contributed by atoms with van der Waals surface area (Å²) in [5.74, 6) is 0.218. The van der Waals surface area contributed by atoms with Crippen molar-refractivity contribution in [2.75, 3.05) is 33.7 Å². The Labute approximate surface area is 130 Å². The van der Waals surface area contributed by atoms with Crippen LogP contribution in [-0.2, 0) is 4.79 Å². The minimum Gasteiger partial charge on any atom is -0.348 e. The van der Waals surface area contributed by atoms with Gasteiger partial charge in [0.15, 0.2) is 0 Å². The van der Waals surface area contributed by atoms with Gasteiger partial charge in [-0.2, -0.15) is 0 Å². The molecule has 21 heavy (non-hydrogen) atoms. The number of rotatable bonds is 4. The van der Waals surface area contributed by atoms with E-state index < -0.39 is 0 Å². The number of piperidine rings is 1. The predicted molar refractivity (Wildman–Crippen MR) is 87.3 cm³/mol. The molecule has 0 aromatic heterocycles. The molecule has 122 valence electrons. The number of hydrogen-bond acceptors (Lipinski definition) is 3. The van der Waals surface area contributed by atoms with Gasteiger partial charge in [0.25, 0.3) is 0 Å². The number of likely N-dealkylation sites (N-methyl/N-ethyl adjacent to an activating group) is 1. The van der Waals surface area contributed by atoms with Crippen LogP contribution in [0.25, 0.3) is 0 Å². The Morgan fingerprint density at radius 3 is 2.14 bits per heavy atom. The fourth-order valence-electron chi connectivity index (χ4n) is 3.49. The van der Waals surface area contributed by atoms with E-state index in [1.807, 2.05) is 14.1 Å². The van der Waals surface area contributed by atoms with Gasteiger partial charge in [0.05, 0.1) is 6.54 Å². The normalized spacial score (nSPS) is 25.0. The molecule has 1 aliphatic heterocycles. The average Bonchev–Trinajstić information content (AvgIpc) is 2.43. The van der Waals surface area contributed by atoms with Crippen LogP contribution in [0.5, 0.6) is 0 Å². The van der Waals surface area contributed by atoms with Crippen LogP contribution in [0.1, 0.15) is 52.4 Å². The third-order valence-electron chi connectivity index (χ3n) is 5.26. The molecule has 0 atom stereocenters. The molecule has 1 aliphatic carbocycles. The van der Waals surface area contributed by atoms with Gasteiger partial charge in [-0.1, -0.05) is 13.8 Å². The first-order valence-electron chi connectivity index (χ1n) is 8.54. The largest absolute Gasteiger partial charge is 0.348 e. The van der Waals surface area contributed by atoms with E-state index in [2.05, 4.69) is 24.1 Å². The minimum atomic E-state index is 0.218. The average molecular weight is 295 g/mol. The van der Waals surface area contributed by atoms with Gasteiger partial charge in [0, 0.05) is 39.3 Å². The summed E-state index contributed by atoms with van der Waals surface area (Å²) in [6.45, 7) is 7.47. The molecule has 0 bridgehead atoms. The molecule has 1 amide bonds. The summed E-state index contributed by atoms with van der Waals surface area (Å²) < 4.78 is 0. The van der Waals surface area contributed by atoms with E-state index in [1.165, 1.54) is 38.5 Å². The maximum Gasteiger partial charge on any atom is 0.236 e. The quantitative estimate of drug-likeness (QED) is 0.863. The Kier molecular flexibility index (Phi) is 5.67. The molecule has 4 nitrogen and oxygen atoms in total. The number of nitrogens with one attached hydrogen (secondary N) is 1. The highest BCUT2D eigenvalue weighted by molar-refractivity contribution is 5.77. The standard InChI is InChI=1S/C17H33N3O/c1-17(2)9-5-14(6-10-17)18-15-7-11-20(12-8-15)13-16(21)19(3)4/h14-15,18H,5-13H2,1-4H3. The first-order valence-corrected chi connectivity index (χ1v) is 8.54. The Balaban J connectivity index is 1.66. The summed E-state index contributed by atoms with van der Waals surface area (Å²) in [5, 5.41) is 3.87. The van der Waals surface area contributed by atoms with Crippen molar-refractivity contribution in [2.45, 2.75) is 64.5 Å². The maximum atomic E-state index is 11.7. The Hall–Kier alpha value is -0.610. The van der Waals surface area contributed by atoms with Gasteiger partial charge in [-0.25, -0.2) is 0 Å². The molecule has 2 fully saturated rings. The molecule has 0 unspecified atom stereocenters. The summed E-state index contributed by atoms with van der Waals surface area (Å²) in [7, 11) is 3.67. The van der Waals surface area contributed by atoms with Gasteiger partial charge in [-0.05, 0) is 43.9 Å². The van der Waals surface area contributed by atoms with Crippen LogP contribution in [-0.4, -0.2) is 61.5 Å². The van der Waals surface area contributed by atoms with Gasteiger partial charge >= 0.3 is 0 Å². The van der Waals surface area contributed by atoms with E-state index >= 15 is 0 Å². The summed E-state index contributed by atoms with van der Waals surface area (Å²) >= 11 is 0. The fraction of sp³-hybridized carbons (Fsp3) is 0.941. The van der Waals surface area contributed by atoms with E-state index in [-0.39, 0.29) is 5.91 Å². The number of amides is 1. The SMILES string of the molecule is CN(C)C(=O)CN1CCC(NC2CCC(C)(C)CC2)CC1. The topological polar surface area (TPSA) is 35.6 Å². The second kappa shape index (κ2) is 7.10. The van der Waals surface area contributed by atoms with Crippen LogP contribution in [0.4, 0.5) is 0 Å². The van der Waals surface area contributed by atoms with Gasteiger partial charge in [0.1, 0.15) is 0 Å². The molecule has 1 saturated carbocycles. The first kappa shape index (κ1) is 16.8. The Morgan fingerprint density at radius 1 is 1.10 bits per heavy atom. The molecular formula is C17H33N3O. The predicted octanol–water partition coefficient (Wildman–Crippen LogP) is 2.10. The lowest BCUT2D eigenvalue weighted by Crippen LogP contribution is -2.49. The maximum absolute atomic E-state index is 11.7. The van der Waals surface area contributed by atoms with Crippen LogP contribution in [0.15, 0.2) is 0 Å². The number of hydrogen-bond donors (Lipinski definition) is 1. The molecule has 1 N–H and O–H groups in total. The summed E-state index contributed by atoms with van der Waals surface area (Å²) in [6.07, 6.45) is 7.71. The zero-order valence-electron chi connectivity index (χ0n) is 14.3. The summed E-state index contributed by atoms with van der Waals surface area (Å²) in [4.78, 5) is 15.7. The second-order valence-electron chi connectivity index (χ2n) is 7.94. The lowest BCUT2D eigenvalue weighted by atomic mass is 9.75. The van der Waals surface area contributed by atoms with Gasteiger partial charge in [-0.3, -0.25) is 9.69 Å².